The number of benzene rings is 1. The van der Waals surface area contributed by atoms with Crippen LogP contribution in [0.25, 0.3) is 0 Å². The number of hydrogen-bond acceptors (Lipinski definition) is 3. The summed E-state index contributed by atoms with van der Waals surface area (Å²) in [6.07, 6.45) is 9.60. The van der Waals surface area contributed by atoms with Crippen molar-refractivity contribution in [3.8, 4) is 0 Å². The van der Waals surface area contributed by atoms with Crippen molar-refractivity contribution in [1.82, 2.24) is 5.32 Å². The van der Waals surface area contributed by atoms with E-state index in [1.54, 1.807) is 0 Å². The van der Waals surface area contributed by atoms with Crippen LogP contribution in [0.15, 0.2) is 18.2 Å². The van der Waals surface area contributed by atoms with Crippen molar-refractivity contribution in [2.45, 2.75) is 77.7 Å². The van der Waals surface area contributed by atoms with Gasteiger partial charge in [0.25, 0.3) is 5.91 Å². The lowest BCUT2D eigenvalue weighted by atomic mass is 9.95. The van der Waals surface area contributed by atoms with Crippen LogP contribution in [-0.2, 0) is 4.79 Å². The Kier molecular flexibility index (Phi) is 8.81. The molecule has 5 heteroatoms. The molecule has 1 fully saturated rings. The third-order valence-corrected chi connectivity index (χ3v) is 5.70. The molecular weight excluding hydrogens is 350 g/mol. The molecule has 0 radical (unpaired) electrons. The molecule has 28 heavy (non-hydrogen) atoms. The van der Waals surface area contributed by atoms with Gasteiger partial charge in [0.2, 0.25) is 5.91 Å². The highest BCUT2D eigenvalue weighted by molar-refractivity contribution is 6.02. The molecule has 0 bridgehead atoms. The predicted octanol–water partition coefficient (Wildman–Crippen LogP) is 4.97. The summed E-state index contributed by atoms with van der Waals surface area (Å²) in [5.41, 5.74) is 2.18. The van der Waals surface area contributed by atoms with E-state index in [9.17, 15) is 9.59 Å². The molecule has 0 unspecified atom stereocenters. The van der Waals surface area contributed by atoms with Crippen LogP contribution in [0.2, 0.25) is 0 Å². The fourth-order valence-electron chi connectivity index (χ4n) is 3.91. The van der Waals surface area contributed by atoms with Crippen molar-refractivity contribution in [1.29, 1.82) is 0 Å². The minimum absolute atomic E-state index is 0.0213. The van der Waals surface area contributed by atoms with Crippen molar-refractivity contribution in [2.75, 3.05) is 24.3 Å². The second-order valence-electron chi connectivity index (χ2n) is 8.17. The smallest absolute Gasteiger partial charge is 0.253 e. The standard InChI is InChI=1S/C23H37N3O2/c1-5-7-11-17(6-2)22(27)25-19-14-15-21(26(3)4)20(16-19)23(28)24-18-12-9-8-10-13-18/h14-18H,5-13H2,1-4H3,(H,24,28)(H,25,27)/t17-/m0/s1. The average molecular weight is 388 g/mol. The van der Waals surface area contributed by atoms with Gasteiger partial charge >= 0.3 is 0 Å². The van der Waals surface area contributed by atoms with Crippen molar-refractivity contribution in [3.05, 3.63) is 23.8 Å². The summed E-state index contributed by atoms with van der Waals surface area (Å²) in [7, 11) is 3.87. The third-order valence-electron chi connectivity index (χ3n) is 5.70. The SMILES string of the molecule is CCCC[C@H](CC)C(=O)Nc1ccc(N(C)C)c(C(=O)NC2CCCCC2)c1. The Morgan fingerprint density at radius 2 is 1.86 bits per heavy atom. The molecule has 0 spiro atoms. The van der Waals surface area contributed by atoms with Gasteiger partial charge in [0.1, 0.15) is 0 Å². The highest BCUT2D eigenvalue weighted by atomic mass is 16.2. The number of hydrogen-bond donors (Lipinski definition) is 2. The molecule has 2 rings (SSSR count). The van der Waals surface area contributed by atoms with Crippen molar-refractivity contribution in [2.24, 2.45) is 5.92 Å². The van der Waals surface area contributed by atoms with Gasteiger partial charge in [0.05, 0.1) is 5.56 Å². The lowest BCUT2D eigenvalue weighted by molar-refractivity contribution is -0.120. The van der Waals surface area contributed by atoms with Crippen LogP contribution in [0.3, 0.4) is 0 Å². The fraction of sp³-hybridized carbons (Fsp3) is 0.652. The van der Waals surface area contributed by atoms with E-state index in [1.165, 1.54) is 19.3 Å². The number of anilines is 2. The largest absolute Gasteiger partial charge is 0.377 e. The van der Waals surface area contributed by atoms with Crippen molar-refractivity contribution >= 4 is 23.2 Å². The van der Waals surface area contributed by atoms with Gasteiger partial charge < -0.3 is 15.5 Å². The highest BCUT2D eigenvalue weighted by Gasteiger charge is 2.21. The number of rotatable bonds is 9. The summed E-state index contributed by atoms with van der Waals surface area (Å²) >= 11 is 0. The van der Waals surface area contributed by atoms with Gasteiger partial charge in [-0.05, 0) is 43.9 Å². The molecule has 1 aromatic rings. The minimum Gasteiger partial charge on any atom is -0.377 e. The van der Waals surface area contributed by atoms with Gasteiger partial charge in [0.15, 0.2) is 0 Å². The molecule has 1 aromatic carbocycles. The summed E-state index contributed by atoms with van der Waals surface area (Å²) in [4.78, 5) is 27.5. The van der Waals surface area contributed by atoms with E-state index in [-0.39, 0.29) is 23.8 Å². The van der Waals surface area contributed by atoms with E-state index >= 15 is 0 Å². The van der Waals surface area contributed by atoms with E-state index in [4.69, 9.17) is 0 Å². The Labute approximate surface area is 170 Å². The zero-order chi connectivity index (χ0) is 20.5. The molecule has 1 aliphatic carbocycles. The second kappa shape index (κ2) is 11.1. The number of carbonyl (C=O) groups excluding carboxylic acids is 2. The summed E-state index contributed by atoms with van der Waals surface area (Å²) in [6.45, 7) is 4.19. The summed E-state index contributed by atoms with van der Waals surface area (Å²) in [5.74, 6) is 0.0184. The Hall–Kier alpha value is -2.04. The average Bonchev–Trinajstić information content (AvgIpc) is 2.69. The summed E-state index contributed by atoms with van der Waals surface area (Å²) < 4.78 is 0. The van der Waals surface area contributed by atoms with Crippen LogP contribution in [0, 0.1) is 5.92 Å². The Balaban J connectivity index is 2.14. The second-order valence-corrected chi connectivity index (χ2v) is 8.17. The Morgan fingerprint density at radius 3 is 2.46 bits per heavy atom. The number of unbranched alkanes of at least 4 members (excludes halogenated alkanes) is 1. The summed E-state index contributed by atoms with van der Waals surface area (Å²) in [5, 5.41) is 6.22. The number of nitrogens with zero attached hydrogens (tertiary/aromatic N) is 1. The van der Waals surface area contributed by atoms with E-state index in [0.717, 1.165) is 44.2 Å². The molecule has 1 saturated carbocycles. The summed E-state index contributed by atoms with van der Waals surface area (Å²) in [6, 6.07) is 5.88. The zero-order valence-corrected chi connectivity index (χ0v) is 18.0. The Morgan fingerprint density at radius 1 is 1.14 bits per heavy atom. The monoisotopic (exact) mass is 387 g/mol. The van der Waals surface area contributed by atoms with E-state index in [2.05, 4.69) is 24.5 Å². The maximum absolute atomic E-state index is 13.0. The van der Waals surface area contributed by atoms with Crippen molar-refractivity contribution < 1.29 is 9.59 Å². The first kappa shape index (κ1) is 22.3. The molecule has 156 valence electrons. The van der Waals surface area contributed by atoms with Gasteiger partial charge in [0, 0.05) is 37.4 Å². The number of nitrogens with one attached hydrogen (secondary N) is 2. The van der Waals surface area contributed by atoms with Crippen molar-refractivity contribution in [3.63, 3.8) is 0 Å². The van der Waals surface area contributed by atoms with Gasteiger partial charge in [-0.3, -0.25) is 9.59 Å². The molecule has 2 amide bonds. The van der Waals surface area contributed by atoms with Gasteiger partial charge in [-0.25, -0.2) is 0 Å². The van der Waals surface area contributed by atoms with Gasteiger partial charge in [-0.15, -0.1) is 0 Å². The maximum Gasteiger partial charge on any atom is 0.253 e. The first-order chi connectivity index (χ1) is 13.5. The Bertz CT molecular complexity index is 651. The van der Waals surface area contributed by atoms with E-state index < -0.39 is 0 Å². The van der Waals surface area contributed by atoms with E-state index in [1.807, 2.05) is 37.2 Å². The van der Waals surface area contributed by atoms with Crippen LogP contribution in [0.5, 0.6) is 0 Å². The quantitative estimate of drug-likeness (QED) is 0.629. The molecule has 0 aliphatic heterocycles. The minimum atomic E-state index is -0.0512. The highest BCUT2D eigenvalue weighted by Crippen LogP contribution is 2.25. The fourth-order valence-corrected chi connectivity index (χ4v) is 3.91. The zero-order valence-electron chi connectivity index (χ0n) is 18.0. The van der Waals surface area contributed by atoms with Crippen LogP contribution in [-0.4, -0.2) is 32.0 Å². The van der Waals surface area contributed by atoms with Crippen LogP contribution < -0.4 is 15.5 Å². The van der Waals surface area contributed by atoms with E-state index in [0.29, 0.717) is 11.3 Å². The lowest BCUT2D eigenvalue weighted by Gasteiger charge is -2.25. The number of carbonyl (C=O) groups is 2. The normalized spacial score (nSPS) is 15.7. The molecule has 1 atom stereocenters. The molecule has 2 N–H and O–H groups in total. The van der Waals surface area contributed by atoms with Crippen LogP contribution >= 0.6 is 0 Å². The molecule has 0 aromatic heterocycles. The molecule has 0 heterocycles. The maximum atomic E-state index is 13.0. The third kappa shape index (κ3) is 6.25. The lowest BCUT2D eigenvalue weighted by Crippen LogP contribution is -2.36. The van der Waals surface area contributed by atoms with Gasteiger partial charge in [-0.2, -0.15) is 0 Å². The van der Waals surface area contributed by atoms with Crippen LogP contribution in [0.4, 0.5) is 11.4 Å². The topological polar surface area (TPSA) is 61.4 Å². The van der Waals surface area contributed by atoms with Gasteiger partial charge in [-0.1, -0.05) is 46.0 Å². The predicted molar refractivity (Wildman–Crippen MR) is 117 cm³/mol. The molecule has 1 aliphatic rings. The molecule has 0 saturated heterocycles. The van der Waals surface area contributed by atoms with Crippen LogP contribution in [0.1, 0.15) is 82.0 Å². The molecular formula is C23H37N3O2. The first-order valence-electron chi connectivity index (χ1n) is 10.9. The number of amides is 2. The molecule has 5 nitrogen and oxygen atoms in total. The first-order valence-corrected chi connectivity index (χ1v) is 10.9.